The zero-order chi connectivity index (χ0) is 11.3. The molecule has 1 aromatic rings. The number of anilines is 1. The summed E-state index contributed by atoms with van der Waals surface area (Å²) in [4.78, 5) is 11.3. The number of thiol groups is 1. The van der Waals surface area contributed by atoms with Crippen molar-refractivity contribution in [2.24, 2.45) is 0 Å². The van der Waals surface area contributed by atoms with Crippen molar-refractivity contribution in [1.29, 1.82) is 5.26 Å². The normalized spacial score (nSPS) is 9.40. The van der Waals surface area contributed by atoms with Crippen LogP contribution < -0.4 is 5.32 Å². The maximum atomic E-state index is 11.3. The zero-order valence-electron chi connectivity index (χ0n) is 8.45. The summed E-state index contributed by atoms with van der Waals surface area (Å²) in [5.74, 6) is 0.436. The summed E-state index contributed by atoms with van der Waals surface area (Å²) in [5, 5.41) is 11.5. The van der Waals surface area contributed by atoms with Crippen LogP contribution in [-0.2, 0) is 4.79 Å². The summed E-state index contributed by atoms with van der Waals surface area (Å²) in [5.41, 5.74) is 2.18. The van der Waals surface area contributed by atoms with Gasteiger partial charge in [0.15, 0.2) is 0 Å². The fraction of sp³-hybridized carbons (Fsp3) is 0.273. The minimum atomic E-state index is -0.0804. The van der Waals surface area contributed by atoms with E-state index in [0.717, 1.165) is 5.56 Å². The Morgan fingerprint density at radius 2 is 2.33 bits per heavy atom. The highest BCUT2D eigenvalue weighted by Gasteiger charge is 2.04. The van der Waals surface area contributed by atoms with Gasteiger partial charge in [-0.2, -0.15) is 17.9 Å². The highest BCUT2D eigenvalue weighted by Crippen LogP contribution is 2.16. The van der Waals surface area contributed by atoms with E-state index in [1.807, 2.05) is 19.1 Å². The van der Waals surface area contributed by atoms with E-state index in [-0.39, 0.29) is 5.91 Å². The summed E-state index contributed by atoms with van der Waals surface area (Å²) >= 11 is 3.98. The van der Waals surface area contributed by atoms with Crippen molar-refractivity contribution in [1.82, 2.24) is 0 Å². The number of nitrogens with one attached hydrogen (secondary N) is 1. The van der Waals surface area contributed by atoms with Crippen LogP contribution in [0.1, 0.15) is 17.5 Å². The van der Waals surface area contributed by atoms with E-state index in [2.05, 4.69) is 17.9 Å². The highest BCUT2D eigenvalue weighted by atomic mass is 32.1. The lowest BCUT2D eigenvalue weighted by molar-refractivity contribution is -0.115. The molecule has 0 spiro atoms. The second-order valence-corrected chi connectivity index (χ2v) is 3.61. The van der Waals surface area contributed by atoms with E-state index in [4.69, 9.17) is 5.26 Å². The molecule has 1 aromatic carbocycles. The lowest BCUT2D eigenvalue weighted by Crippen LogP contribution is -2.12. The zero-order valence-corrected chi connectivity index (χ0v) is 9.34. The Hall–Kier alpha value is -1.47. The number of nitriles is 1. The summed E-state index contributed by atoms with van der Waals surface area (Å²) < 4.78 is 0. The molecule has 0 aromatic heterocycles. The molecule has 0 aliphatic rings. The van der Waals surface area contributed by atoms with Gasteiger partial charge < -0.3 is 5.32 Å². The van der Waals surface area contributed by atoms with Gasteiger partial charge in [-0.15, -0.1) is 0 Å². The van der Waals surface area contributed by atoms with Gasteiger partial charge in [-0.1, -0.05) is 6.07 Å². The van der Waals surface area contributed by atoms with Gasteiger partial charge in [0.1, 0.15) is 0 Å². The van der Waals surface area contributed by atoms with Crippen LogP contribution in [0.2, 0.25) is 0 Å². The average Bonchev–Trinajstić information content (AvgIpc) is 2.21. The number of nitrogens with zero attached hydrogens (tertiary/aromatic N) is 1. The first-order valence-corrected chi connectivity index (χ1v) is 5.22. The number of carbonyl (C=O) groups excluding carboxylic acids is 1. The molecule has 0 radical (unpaired) electrons. The van der Waals surface area contributed by atoms with Crippen LogP contribution in [-0.4, -0.2) is 11.7 Å². The molecule has 1 amide bonds. The van der Waals surface area contributed by atoms with Crippen molar-refractivity contribution >= 4 is 24.2 Å². The van der Waals surface area contributed by atoms with E-state index in [9.17, 15) is 4.79 Å². The monoisotopic (exact) mass is 220 g/mol. The van der Waals surface area contributed by atoms with E-state index >= 15 is 0 Å². The van der Waals surface area contributed by atoms with Gasteiger partial charge in [-0.25, -0.2) is 0 Å². The first-order chi connectivity index (χ1) is 7.17. The van der Waals surface area contributed by atoms with Crippen LogP contribution >= 0.6 is 12.6 Å². The Labute approximate surface area is 94.5 Å². The first-order valence-electron chi connectivity index (χ1n) is 4.59. The maximum absolute atomic E-state index is 11.3. The summed E-state index contributed by atoms with van der Waals surface area (Å²) in [6.45, 7) is 1.89. The van der Waals surface area contributed by atoms with Gasteiger partial charge >= 0.3 is 0 Å². The van der Waals surface area contributed by atoms with Crippen LogP contribution in [0, 0.1) is 18.3 Å². The predicted molar refractivity (Wildman–Crippen MR) is 63.0 cm³/mol. The minimum Gasteiger partial charge on any atom is -0.326 e. The van der Waals surface area contributed by atoms with Crippen molar-refractivity contribution in [2.75, 3.05) is 11.1 Å². The molecule has 0 aliphatic heterocycles. The lowest BCUT2D eigenvalue weighted by Gasteiger charge is -2.07. The fourth-order valence-corrected chi connectivity index (χ4v) is 1.34. The maximum Gasteiger partial charge on any atom is 0.225 e. The minimum absolute atomic E-state index is 0.0804. The largest absolute Gasteiger partial charge is 0.326 e. The Balaban J connectivity index is 2.85. The second kappa shape index (κ2) is 5.42. The van der Waals surface area contributed by atoms with Crippen molar-refractivity contribution in [3.05, 3.63) is 29.3 Å². The van der Waals surface area contributed by atoms with Crippen LogP contribution in [0.5, 0.6) is 0 Å². The summed E-state index contributed by atoms with van der Waals surface area (Å²) in [6.07, 6.45) is 0.374. The van der Waals surface area contributed by atoms with E-state index in [1.54, 1.807) is 12.1 Å². The molecule has 0 saturated carbocycles. The number of aryl methyl sites for hydroxylation is 1. The predicted octanol–water partition coefficient (Wildman–Crippen LogP) is 2.13. The van der Waals surface area contributed by atoms with Gasteiger partial charge in [0.2, 0.25) is 5.91 Å². The van der Waals surface area contributed by atoms with E-state index < -0.39 is 0 Å². The lowest BCUT2D eigenvalue weighted by atomic mass is 10.1. The molecule has 1 N–H and O–H groups in total. The number of rotatable bonds is 3. The number of hydrogen-bond acceptors (Lipinski definition) is 3. The first kappa shape index (κ1) is 11.6. The van der Waals surface area contributed by atoms with Gasteiger partial charge in [0.05, 0.1) is 11.6 Å². The third-order valence-corrected chi connectivity index (χ3v) is 2.20. The molecule has 1 rings (SSSR count). The molecule has 78 valence electrons. The number of amides is 1. The van der Waals surface area contributed by atoms with Gasteiger partial charge in [0, 0.05) is 12.1 Å². The number of benzene rings is 1. The van der Waals surface area contributed by atoms with Crippen LogP contribution in [0.3, 0.4) is 0 Å². The molecule has 0 bridgehead atoms. The van der Waals surface area contributed by atoms with Crippen molar-refractivity contribution < 1.29 is 4.79 Å². The molecule has 4 heteroatoms. The van der Waals surface area contributed by atoms with Gasteiger partial charge in [-0.3, -0.25) is 4.79 Å². The summed E-state index contributed by atoms with van der Waals surface area (Å²) in [7, 11) is 0. The van der Waals surface area contributed by atoms with E-state index in [1.165, 1.54) is 0 Å². The standard InChI is InChI=1S/C11H12N2OS/c1-8-2-3-9(7-12)6-10(8)13-11(14)4-5-15/h2-3,6,15H,4-5H2,1H3,(H,13,14). The average molecular weight is 220 g/mol. The molecule has 15 heavy (non-hydrogen) atoms. The SMILES string of the molecule is Cc1ccc(C#N)cc1NC(=O)CCS. The molecule has 0 aliphatic carbocycles. The molecule has 0 saturated heterocycles. The Morgan fingerprint density at radius 1 is 1.60 bits per heavy atom. The second-order valence-electron chi connectivity index (χ2n) is 3.16. The summed E-state index contributed by atoms with van der Waals surface area (Å²) in [6, 6.07) is 7.25. The molecule has 0 unspecified atom stereocenters. The Morgan fingerprint density at radius 3 is 2.93 bits per heavy atom. The molecule has 3 nitrogen and oxygen atoms in total. The molecule has 0 fully saturated rings. The van der Waals surface area contributed by atoms with Crippen LogP contribution in [0.25, 0.3) is 0 Å². The number of hydrogen-bond donors (Lipinski definition) is 2. The fourth-order valence-electron chi connectivity index (χ4n) is 1.14. The topological polar surface area (TPSA) is 52.9 Å². The third-order valence-electron chi connectivity index (χ3n) is 1.98. The third kappa shape index (κ3) is 3.30. The Bertz CT molecular complexity index is 410. The quantitative estimate of drug-likeness (QED) is 0.767. The highest BCUT2D eigenvalue weighted by molar-refractivity contribution is 7.80. The smallest absolute Gasteiger partial charge is 0.225 e. The molecule has 0 atom stereocenters. The Kier molecular flexibility index (Phi) is 4.19. The van der Waals surface area contributed by atoms with Crippen molar-refractivity contribution in [3.8, 4) is 6.07 Å². The molecular formula is C11H12N2OS. The van der Waals surface area contributed by atoms with Gasteiger partial charge in [-0.05, 0) is 30.4 Å². The number of carbonyl (C=O) groups is 1. The molecule has 0 heterocycles. The molecular weight excluding hydrogens is 208 g/mol. The van der Waals surface area contributed by atoms with Crippen LogP contribution in [0.15, 0.2) is 18.2 Å². The van der Waals surface area contributed by atoms with Crippen LogP contribution in [0.4, 0.5) is 5.69 Å². The van der Waals surface area contributed by atoms with Crippen molar-refractivity contribution in [3.63, 3.8) is 0 Å². The van der Waals surface area contributed by atoms with Crippen molar-refractivity contribution in [2.45, 2.75) is 13.3 Å². The van der Waals surface area contributed by atoms with Gasteiger partial charge in [0.25, 0.3) is 0 Å². The van der Waals surface area contributed by atoms with E-state index in [0.29, 0.717) is 23.4 Å².